The zero-order valence-corrected chi connectivity index (χ0v) is 14.8. The number of hydrogen-bond donors (Lipinski definition) is 0. The number of hydrogen-bond acceptors (Lipinski definition) is 5. The number of piperazine rings is 1. The number of furan rings is 1. The summed E-state index contributed by atoms with van der Waals surface area (Å²) in [6.07, 6.45) is 1.96. The van der Waals surface area contributed by atoms with Gasteiger partial charge in [0, 0.05) is 45.5 Å². The van der Waals surface area contributed by atoms with Gasteiger partial charge in [-0.3, -0.25) is 9.69 Å². The number of imidazole rings is 1. The minimum atomic E-state index is 0.0767. The normalized spacial score (nSPS) is 18.4. The van der Waals surface area contributed by atoms with Crippen molar-refractivity contribution >= 4 is 5.91 Å². The standard InChI is InChI=1S/C18H24N4O3/c1-13-9-16(14(2)25-13)18(23)21-5-3-20(4-6-21)11-15-10-19-17-12-24-8-7-22(15)17/h9-10H,3-8,11-12H2,1-2H3. The van der Waals surface area contributed by atoms with E-state index in [9.17, 15) is 4.79 Å². The summed E-state index contributed by atoms with van der Waals surface area (Å²) in [5.41, 5.74) is 1.93. The number of carbonyl (C=O) groups excluding carboxylic acids is 1. The number of amides is 1. The van der Waals surface area contributed by atoms with Gasteiger partial charge < -0.3 is 18.6 Å². The first-order chi connectivity index (χ1) is 12.1. The van der Waals surface area contributed by atoms with Gasteiger partial charge in [-0.2, -0.15) is 0 Å². The highest BCUT2D eigenvalue weighted by atomic mass is 16.5. The number of ether oxygens (including phenoxy) is 1. The molecule has 0 spiro atoms. The van der Waals surface area contributed by atoms with Crippen LogP contribution in [0.2, 0.25) is 0 Å². The molecule has 2 aromatic heterocycles. The molecular weight excluding hydrogens is 320 g/mol. The molecule has 2 aliphatic heterocycles. The maximum absolute atomic E-state index is 12.7. The fraction of sp³-hybridized carbons (Fsp3) is 0.556. The van der Waals surface area contributed by atoms with E-state index >= 15 is 0 Å². The van der Waals surface area contributed by atoms with Crippen molar-refractivity contribution in [1.29, 1.82) is 0 Å². The Morgan fingerprint density at radius 2 is 2.00 bits per heavy atom. The molecule has 0 unspecified atom stereocenters. The third-order valence-corrected chi connectivity index (χ3v) is 5.03. The molecule has 0 aliphatic carbocycles. The van der Waals surface area contributed by atoms with Gasteiger partial charge >= 0.3 is 0 Å². The van der Waals surface area contributed by atoms with E-state index in [0.29, 0.717) is 17.9 Å². The van der Waals surface area contributed by atoms with Crippen LogP contribution in [-0.4, -0.2) is 58.0 Å². The molecule has 4 heterocycles. The second kappa shape index (κ2) is 6.65. The summed E-state index contributed by atoms with van der Waals surface area (Å²) in [4.78, 5) is 21.4. The lowest BCUT2D eigenvalue weighted by molar-refractivity contribution is 0.0613. The first-order valence-electron chi connectivity index (χ1n) is 8.81. The first kappa shape index (κ1) is 16.4. The number of carbonyl (C=O) groups is 1. The second-order valence-electron chi connectivity index (χ2n) is 6.77. The third kappa shape index (κ3) is 3.21. The molecule has 2 aliphatic rings. The third-order valence-electron chi connectivity index (χ3n) is 5.03. The first-order valence-corrected chi connectivity index (χ1v) is 8.81. The predicted octanol–water partition coefficient (Wildman–Crippen LogP) is 1.58. The van der Waals surface area contributed by atoms with E-state index in [2.05, 4.69) is 14.5 Å². The van der Waals surface area contributed by atoms with Crippen molar-refractivity contribution in [3.8, 4) is 0 Å². The zero-order valence-electron chi connectivity index (χ0n) is 14.8. The maximum Gasteiger partial charge on any atom is 0.257 e. The summed E-state index contributed by atoms with van der Waals surface area (Å²) in [5.74, 6) is 2.58. The van der Waals surface area contributed by atoms with Crippen LogP contribution in [0.4, 0.5) is 0 Å². The van der Waals surface area contributed by atoms with Crippen LogP contribution in [-0.2, 0) is 24.4 Å². The monoisotopic (exact) mass is 344 g/mol. The van der Waals surface area contributed by atoms with E-state index < -0.39 is 0 Å². The number of fused-ring (bicyclic) bond motifs is 1. The smallest absolute Gasteiger partial charge is 0.257 e. The largest absolute Gasteiger partial charge is 0.466 e. The van der Waals surface area contributed by atoms with E-state index in [1.54, 1.807) is 0 Å². The predicted molar refractivity (Wildman–Crippen MR) is 91.2 cm³/mol. The number of rotatable bonds is 3. The molecule has 0 N–H and O–H groups in total. The average Bonchev–Trinajstić information content (AvgIpc) is 3.18. The van der Waals surface area contributed by atoms with Gasteiger partial charge in [0.15, 0.2) is 0 Å². The van der Waals surface area contributed by atoms with Gasteiger partial charge in [-0.15, -0.1) is 0 Å². The Bertz CT molecular complexity index is 771. The summed E-state index contributed by atoms with van der Waals surface area (Å²) in [6.45, 7) is 10.1. The molecule has 7 heteroatoms. The van der Waals surface area contributed by atoms with Gasteiger partial charge in [-0.25, -0.2) is 4.98 Å². The molecule has 4 rings (SSSR count). The number of nitrogens with zero attached hydrogens (tertiary/aromatic N) is 4. The van der Waals surface area contributed by atoms with Crippen LogP contribution >= 0.6 is 0 Å². The Kier molecular flexibility index (Phi) is 4.35. The van der Waals surface area contributed by atoms with Crippen LogP contribution in [0.3, 0.4) is 0 Å². The second-order valence-corrected chi connectivity index (χ2v) is 6.77. The van der Waals surface area contributed by atoms with Crippen molar-refractivity contribution in [2.24, 2.45) is 0 Å². The van der Waals surface area contributed by atoms with Crippen molar-refractivity contribution in [3.05, 3.63) is 40.9 Å². The summed E-state index contributed by atoms with van der Waals surface area (Å²) in [5, 5.41) is 0. The topological polar surface area (TPSA) is 63.7 Å². The van der Waals surface area contributed by atoms with E-state index in [-0.39, 0.29) is 5.91 Å². The molecule has 25 heavy (non-hydrogen) atoms. The molecule has 0 bridgehead atoms. The molecule has 1 fully saturated rings. The average molecular weight is 344 g/mol. The van der Waals surface area contributed by atoms with E-state index in [1.807, 2.05) is 31.0 Å². The maximum atomic E-state index is 12.7. The molecular formula is C18H24N4O3. The highest BCUT2D eigenvalue weighted by molar-refractivity contribution is 5.95. The Labute approximate surface area is 147 Å². The molecule has 0 radical (unpaired) electrons. The van der Waals surface area contributed by atoms with Crippen molar-refractivity contribution in [2.45, 2.75) is 33.5 Å². The van der Waals surface area contributed by atoms with Gasteiger partial charge in [0.1, 0.15) is 24.0 Å². The molecule has 0 aromatic carbocycles. The van der Waals surface area contributed by atoms with Gasteiger partial charge in [0.05, 0.1) is 17.9 Å². The molecule has 7 nitrogen and oxygen atoms in total. The van der Waals surface area contributed by atoms with Gasteiger partial charge in [-0.1, -0.05) is 0 Å². The lowest BCUT2D eigenvalue weighted by atomic mass is 10.2. The fourth-order valence-corrected chi connectivity index (χ4v) is 3.64. The Morgan fingerprint density at radius 1 is 1.20 bits per heavy atom. The highest BCUT2D eigenvalue weighted by Gasteiger charge is 2.25. The lowest BCUT2D eigenvalue weighted by Crippen LogP contribution is -2.48. The molecule has 2 aromatic rings. The minimum absolute atomic E-state index is 0.0767. The van der Waals surface area contributed by atoms with Crippen LogP contribution in [0, 0.1) is 13.8 Å². The highest BCUT2D eigenvalue weighted by Crippen LogP contribution is 2.18. The molecule has 1 saturated heterocycles. The summed E-state index contributed by atoms with van der Waals surface area (Å²) in [7, 11) is 0. The fourth-order valence-electron chi connectivity index (χ4n) is 3.64. The molecule has 1 amide bonds. The molecule has 134 valence electrons. The van der Waals surface area contributed by atoms with E-state index in [4.69, 9.17) is 9.15 Å². The Hall–Kier alpha value is -2.12. The summed E-state index contributed by atoms with van der Waals surface area (Å²) < 4.78 is 13.2. The van der Waals surface area contributed by atoms with Gasteiger partial charge in [0.2, 0.25) is 0 Å². The lowest BCUT2D eigenvalue weighted by Gasteiger charge is -2.34. The van der Waals surface area contributed by atoms with Gasteiger partial charge in [0.25, 0.3) is 5.91 Å². The van der Waals surface area contributed by atoms with E-state index in [1.165, 1.54) is 5.69 Å². The zero-order chi connectivity index (χ0) is 17.4. The van der Waals surface area contributed by atoms with Crippen molar-refractivity contribution < 1.29 is 13.9 Å². The minimum Gasteiger partial charge on any atom is -0.466 e. The summed E-state index contributed by atoms with van der Waals surface area (Å²) in [6, 6.07) is 1.84. The van der Waals surface area contributed by atoms with Crippen molar-refractivity contribution in [1.82, 2.24) is 19.4 Å². The summed E-state index contributed by atoms with van der Waals surface area (Å²) >= 11 is 0. The van der Waals surface area contributed by atoms with Crippen molar-refractivity contribution in [3.63, 3.8) is 0 Å². The Balaban J connectivity index is 1.36. The van der Waals surface area contributed by atoms with Crippen LogP contribution in [0.5, 0.6) is 0 Å². The number of aromatic nitrogens is 2. The van der Waals surface area contributed by atoms with Crippen LogP contribution in [0.15, 0.2) is 16.7 Å². The van der Waals surface area contributed by atoms with Crippen LogP contribution in [0.1, 0.15) is 33.4 Å². The number of aryl methyl sites for hydroxylation is 2. The quantitative estimate of drug-likeness (QED) is 0.846. The van der Waals surface area contributed by atoms with Crippen molar-refractivity contribution in [2.75, 3.05) is 32.8 Å². The Morgan fingerprint density at radius 3 is 2.72 bits per heavy atom. The molecule has 0 atom stereocenters. The van der Waals surface area contributed by atoms with E-state index in [0.717, 1.165) is 57.5 Å². The van der Waals surface area contributed by atoms with Crippen LogP contribution < -0.4 is 0 Å². The SMILES string of the molecule is Cc1cc(C(=O)N2CCN(Cc3cnc4n3CCOC4)CC2)c(C)o1. The van der Waals surface area contributed by atoms with Crippen LogP contribution in [0.25, 0.3) is 0 Å². The van der Waals surface area contributed by atoms with Gasteiger partial charge in [-0.05, 0) is 19.9 Å². The molecule has 0 saturated carbocycles.